The molecule has 1 rings (SSSR count). The van der Waals surface area contributed by atoms with Crippen molar-refractivity contribution in [2.24, 2.45) is 5.92 Å². The Hall–Kier alpha value is -1.00. The molecule has 0 amide bonds. The van der Waals surface area contributed by atoms with Gasteiger partial charge in [-0.05, 0) is 53.0 Å². The molecule has 0 fully saturated rings. The molecule has 20 heavy (non-hydrogen) atoms. The minimum absolute atomic E-state index is 0.0647. The highest BCUT2D eigenvalue weighted by Gasteiger charge is 2.13. The van der Waals surface area contributed by atoms with Gasteiger partial charge in [-0.2, -0.15) is 0 Å². The molecule has 0 saturated carbocycles. The van der Waals surface area contributed by atoms with Crippen LogP contribution in [0.4, 0.5) is 0 Å². The number of halogens is 1. The fourth-order valence-electron chi connectivity index (χ4n) is 1.73. The predicted molar refractivity (Wildman–Crippen MR) is 87.5 cm³/mol. The van der Waals surface area contributed by atoms with E-state index in [0.717, 1.165) is 28.9 Å². The second kappa shape index (κ2) is 8.32. The van der Waals surface area contributed by atoms with E-state index < -0.39 is 0 Å². The molecule has 0 aliphatic rings. The lowest BCUT2D eigenvalue weighted by molar-refractivity contribution is 0.252. The van der Waals surface area contributed by atoms with Crippen LogP contribution in [-0.2, 0) is 6.54 Å². The molecule has 0 radical (unpaired) electrons. The average Bonchev–Trinajstić information content (AvgIpc) is 2.40. The maximum atomic E-state index is 5.80. The number of hydrogen-bond acceptors (Lipinski definition) is 3. The molecule has 0 spiro atoms. The fourth-order valence-corrected chi connectivity index (χ4v) is 2.31. The van der Waals surface area contributed by atoms with Crippen LogP contribution in [0.25, 0.3) is 0 Å². The highest BCUT2D eigenvalue weighted by molar-refractivity contribution is 9.10. The molecule has 0 saturated heterocycles. The van der Waals surface area contributed by atoms with Crippen LogP contribution < -0.4 is 14.8 Å². The molecule has 4 heteroatoms. The quantitative estimate of drug-likeness (QED) is 0.720. The first kappa shape index (κ1) is 17.1. The normalized spacial score (nSPS) is 12.3. The molecular formula is C16H24BrNO2. The van der Waals surface area contributed by atoms with E-state index in [9.17, 15) is 0 Å². The van der Waals surface area contributed by atoms with Gasteiger partial charge in [0.15, 0.2) is 11.5 Å². The molecule has 3 nitrogen and oxygen atoms in total. The first-order chi connectivity index (χ1) is 9.47. The van der Waals surface area contributed by atoms with Crippen LogP contribution in [0, 0.1) is 5.92 Å². The first-order valence-corrected chi connectivity index (χ1v) is 7.63. The Labute approximate surface area is 130 Å². The maximum Gasteiger partial charge on any atom is 0.176 e. The molecule has 1 unspecified atom stereocenters. The zero-order valence-corrected chi connectivity index (χ0v) is 14.3. The zero-order valence-electron chi connectivity index (χ0n) is 12.7. The third-order valence-electron chi connectivity index (χ3n) is 2.81. The molecule has 1 aromatic rings. The van der Waals surface area contributed by atoms with Crippen molar-refractivity contribution in [3.8, 4) is 11.5 Å². The van der Waals surface area contributed by atoms with Gasteiger partial charge in [-0.1, -0.05) is 26.5 Å². The van der Waals surface area contributed by atoms with Gasteiger partial charge in [0, 0.05) is 6.54 Å². The summed E-state index contributed by atoms with van der Waals surface area (Å²) in [6.07, 6.45) is 1.69. The molecule has 0 heterocycles. The van der Waals surface area contributed by atoms with E-state index in [1.807, 2.05) is 13.0 Å². The van der Waals surface area contributed by atoms with Crippen molar-refractivity contribution in [1.82, 2.24) is 5.32 Å². The van der Waals surface area contributed by atoms with Crippen molar-refractivity contribution in [3.05, 3.63) is 34.8 Å². The summed E-state index contributed by atoms with van der Waals surface area (Å²) in [6, 6.07) is 4.06. The Balaban J connectivity index is 2.86. The number of nitrogens with one attached hydrogen (secondary N) is 1. The van der Waals surface area contributed by atoms with Gasteiger partial charge in [0.2, 0.25) is 0 Å². The minimum Gasteiger partial charge on any atom is -0.493 e. The third-order valence-corrected chi connectivity index (χ3v) is 3.40. The van der Waals surface area contributed by atoms with Gasteiger partial charge in [0.1, 0.15) is 6.10 Å². The van der Waals surface area contributed by atoms with Gasteiger partial charge >= 0.3 is 0 Å². The number of rotatable bonds is 8. The highest BCUT2D eigenvalue weighted by atomic mass is 79.9. The molecular weight excluding hydrogens is 318 g/mol. The summed E-state index contributed by atoms with van der Waals surface area (Å²) in [5.41, 5.74) is 1.16. The molecule has 0 aliphatic carbocycles. The van der Waals surface area contributed by atoms with Crippen LogP contribution in [0.3, 0.4) is 0 Å². The Morgan fingerprint density at radius 1 is 1.35 bits per heavy atom. The van der Waals surface area contributed by atoms with Crippen molar-refractivity contribution >= 4 is 15.9 Å². The van der Waals surface area contributed by atoms with Crippen molar-refractivity contribution in [3.63, 3.8) is 0 Å². The Morgan fingerprint density at radius 2 is 2.05 bits per heavy atom. The van der Waals surface area contributed by atoms with Crippen molar-refractivity contribution < 1.29 is 9.47 Å². The predicted octanol–water partition coefficient (Wildman–Crippen LogP) is 4.16. The maximum absolute atomic E-state index is 5.80. The van der Waals surface area contributed by atoms with Crippen LogP contribution in [0.15, 0.2) is 29.3 Å². The second-order valence-corrected chi connectivity index (χ2v) is 6.05. The Bertz CT molecular complexity index is 446. The van der Waals surface area contributed by atoms with E-state index >= 15 is 0 Å². The highest BCUT2D eigenvalue weighted by Crippen LogP contribution is 2.37. The topological polar surface area (TPSA) is 30.5 Å². The van der Waals surface area contributed by atoms with E-state index in [4.69, 9.17) is 9.47 Å². The summed E-state index contributed by atoms with van der Waals surface area (Å²) in [5.74, 6) is 2.08. The van der Waals surface area contributed by atoms with Crippen molar-refractivity contribution in [1.29, 1.82) is 0 Å². The van der Waals surface area contributed by atoms with Gasteiger partial charge in [-0.3, -0.25) is 0 Å². The minimum atomic E-state index is -0.0647. The third kappa shape index (κ3) is 5.17. The summed E-state index contributed by atoms with van der Waals surface area (Å²) in [7, 11) is 1.65. The first-order valence-electron chi connectivity index (χ1n) is 6.84. The summed E-state index contributed by atoms with van der Waals surface area (Å²) >= 11 is 3.55. The smallest absolute Gasteiger partial charge is 0.176 e. The van der Waals surface area contributed by atoms with Crippen molar-refractivity contribution in [2.75, 3.05) is 13.7 Å². The molecule has 0 aromatic heterocycles. The van der Waals surface area contributed by atoms with Crippen LogP contribution in [-0.4, -0.2) is 19.8 Å². The van der Waals surface area contributed by atoms with E-state index in [2.05, 4.69) is 47.7 Å². The van der Waals surface area contributed by atoms with Crippen LogP contribution in [0.5, 0.6) is 11.5 Å². The number of hydrogen-bond donors (Lipinski definition) is 1. The molecule has 0 bridgehead atoms. The molecule has 1 N–H and O–H groups in total. The van der Waals surface area contributed by atoms with Gasteiger partial charge in [0.25, 0.3) is 0 Å². The molecule has 0 aliphatic heterocycles. The van der Waals surface area contributed by atoms with E-state index in [-0.39, 0.29) is 6.10 Å². The van der Waals surface area contributed by atoms with E-state index in [1.165, 1.54) is 0 Å². The van der Waals surface area contributed by atoms with Crippen LogP contribution >= 0.6 is 15.9 Å². The summed E-state index contributed by atoms with van der Waals surface area (Å²) < 4.78 is 12.1. The number of ether oxygens (including phenoxy) is 2. The summed E-state index contributed by atoms with van der Waals surface area (Å²) in [5, 5.41) is 3.42. The lowest BCUT2D eigenvalue weighted by Gasteiger charge is -2.17. The SMILES string of the molecule is C=CC(C)Oc1c(Br)cc(CNCC(C)C)cc1OC. The van der Waals surface area contributed by atoms with Gasteiger partial charge < -0.3 is 14.8 Å². The molecule has 1 aromatic carbocycles. The lowest BCUT2D eigenvalue weighted by atomic mass is 10.1. The molecule has 112 valence electrons. The van der Waals surface area contributed by atoms with E-state index in [1.54, 1.807) is 13.2 Å². The van der Waals surface area contributed by atoms with E-state index in [0.29, 0.717) is 11.7 Å². The lowest BCUT2D eigenvalue weighted by Crippen LogP contribution is -2.19. The van der Waals surface area contributed by atoms with Gasteiger partial charge in [0.05, 0.1) is 11.6 Å². The van der Waals surface area contributed by atoms with Crippen LogP contribution in [0.2, 0.25) is 0 Å². The Kier molecular flexibility index (Phi) is 7.10. The second-order valence-electron chi connectivity index (χ2n) is 5.19. The van der Waals surface area contributed by atoms with Crippen molar-refractivity contribution in [2.45, 2.75) is 33.4 Å². The Morgan fingerprint density at radius 3 is 2.60 bits per heavy atom. The average molecular weight is 342 g/mol. The molecule has 1 atom stereocenters. The summed E-state index contributed by atoms with van der Waals surface area (Å²) in [4.78, 5) is 0. The summed E-state index contributed by atoms with van der Waals surface area (Å²) in [6.45, 7) is 11.9. The zero-order chi connectivity index (χ0) is 15.1. The van der Waals surface area contributed by atoms with Gasteiger partial charge in [-0.25, -0.2) is 0 Å². The monoisotopic (exact) mass is 341 g/mol. The largest absolute Gasteiger partial charge is 0.493 e. The van der Waals surface area contributed by atoms with Gasteiger partial charge in [-0.15, -0.1) is 0 Å². The fraction of sp³-hybridized carbons (Fsp3) is 0.500. The van der Waals surface area contributed by atoms with Crippen LogP contribution in [0.1, 0.15) is 26.3 Å². The standard InChI is InChI=1S/C16H24BrNO2/c1-6-12(4)20-16-14(17)7-13(8-15(16)19-5)10-18-9-11(2)3/h6-8,11-12,18H,1,9-10H2,2-5H3. The number of benzene rings is 1. The number of methoxy groups -OCH3 is 1.